The monoisotopic (exact) mass is 242 g/mol. The first-order valence-electron chi connectivity index (χ1n) is 7.07. The minimum atomic E-state index is 0.00481. The molecule has 1 aliphatic rings. The topological polar surface area (TPSA) is 35.5 Å². The zero-order valence-electron chi connectivity index (χ0n) is 11.8. The van der Waals surface area contributed by atoms with Crippen molar-refractivity contribution in [1.82, 2.24) is 10.2 Å². The standard InChI is InChI=1S/C14H30N2O/c1-13(9-15-11-14(2,3)12-17)10-16-7-5-4-6-8-16/h13,15,17H,4-12H2,1-3H3. The van der Waals surface area contributed by atoms with E-state index in [1.807, 2.05) is 0 Å². The minimum absolute atomic E-state index is 0.00481. The van der Waals surface area contributed by atoms with Crippen LogP contribution in [0.5, 0.6) is 0 Å². The molecule has 2 N–H and O–H groups in total. The quantitative estimate of drug-likeness (QED) is 0.713. The molecule has 0 spiro atoms. The molecule has 1 unspecified atom stereocenters. The largest absolute Gasteiger partial charge is 0.396 e. The second kappa shape index (κ2) is 7.34. The summed E-state index contributed by atoms with van der Waals surface area (Å²) in [4.78, 5) is 2.59. The molecule has 1 fully saturated rings. The summed E-state index contributed by atoms with van der Waals surface area (Å²) < 4.78 is 0. The third kappa shape index (κ3) is 6.39. The van der Waals surface area contributed by atoms with Crippen LogP contribution in [-0.4, -0.2) is 49.3 Å². The molecule has 1 heterocycles. The fourth-order valence-electron chi connectivity index (χ4n) is 2.36. The molecule has 0 aromatic heterocycles. The van der Waals surface area contributed by atoms with Gasteiger partial charge in [-0.3, -0.25) is 0 Å². The van der Waals surface area contributed by atoms with Gasteiger partial charge in [-0.15, -0.1) is 0 Å². The Hall–Kier alpha value is -0.120. The van der Waals surface area contributed by atoms with Gasteiger partial charge in [0.25, 0.3) is 0 Å². The van der Waals surface area contributed by atoms with Gasteiger partial charge in [0, 0.05) is 25.1 Å². The molecule has 0 aromatic carbocycles. The highest BCUT2D eigenvalue weighted by Crippen LogP contribution is 2.12. The van der Waals surface area contributed by atoms with E-state index < -0.39 is 0 Å². The average molecular weight is 242 g/mol. The summed E-state index contributed by atoms with van der Waals surface area (Å²) in [5.74, 6) is 0.697. The van der Waals surface area contributed by atoms with Crippen LogP contribution < -0.4 is 5.32 Å². The SMILES string of the molecule is CC(CNCC(C)(C)CO)CN1CCCCC1. The van der Waals surface area contributed by atoms with E-state index in [1.54, 1.807) is 0 Å². The summed E-state index contributed by atoms with van der Waals surface area (Å²) in [5, 5.41) is 12.7. The predicted molar refractivity (Wildman–Crippen MR) is 73.2 cm³/mol. The Labute approximate surface area is 107 Å². The Morgan fingerprint density at radius 2 is 1.88 bits per heavy atom. The molecule has 17 heavy (non-hydrogen) atoms. The Balaban J connectivity index is 2.10. The van der Waals surface area contributed by atoms with Crippen LogP contribution >= 0.6 is 0 Å². The van der Waals surface area contributed by atoms with E-state index in [0.29, 0.717) is 5.92 Å². The molecular weight excluding hydrogens is 212 g/mol. The Kier molecular flexibility index (Phi) is 6.45. The van der Waals surface area contributed by atoms with Crippen LogP contribution in [0.15, 0.2) is 0 Å². The highest BCUT2D eigenvalue weighted by atomic mass is 16.3. The number of hydrogen-bond acceptors (Lipinski definition) is 3. The first-order valence-corrected chi connectivity index (χ1v) is 7.07. The second-order valence-corrected chi connectivity index (χ2v) is 6.42. The molecule has 1 aliphatic heterocycles. The van der Waals surface area contributed by atoms with Gasteiger partial charge in [0.05, 0.1) is 0 Å². The van der Waals surface area contributed by atoms with E-state index in [1.165, 1.54) is 38.9 Å². The Bertz CT molecular complexity index is 200. The number of likely N-dealkylation sites (tertiary alicyclic amines) is 1. The van der Waals surface area contributed by atoms with Gasteiger partial charge in [-0.05, 0) is 38.4 Å². The van der Waals surface area contributed by atoms with Gasteiger partial charge in [0.2, 0.25) is 0 Å². The molecule has 0 aliphatic carbocycles. The fourth-order valence-corrected chi connectivity index (χ4v) is 2.36. The summed E-state index contributed by atoms with van der Waals surface area (Å²) >= 11 is 0. The average Bonchev–Trinajstić information content (AvgIpc) is 2.30. The summed E-state index contributed by atoms with van der Waals surface area (Å²) in [6.45, 7) is 12.5. The smallest absolute Gasteiger partial charge is 0.0494 e. The molecule has 0 saturated carbocycles. The van der Waals surface area contributed by atoms with Crippen LogP contribution in [-0.2, 0) is 0 Å². The number of rotatable bonds is 7. The molecule has 0 radical (unpaired) electrons. The van der Waals surface area contributed by atoms with Crippen molar-refractivity contribution in [3.63, 3.8) is 0 Å². The van der Waals surface area contributed by atoms with Crippen LogP contribution in [0.4, 0.5) is 0 Å². The first-order chi connectivity index (χ1) is 8.03. The van der Waals surface area contributed by atoms with Gasteiger partial charge >= 0.3 is 0 Å². The lowest BCUT2D eigenvalue weighted by atomic mass is 9.95. The number of piperidine rings is 1. The van der Waals surface area contributed by atoms with Gasteiger partial charge < -0.3 is 15.3 Å². The van der Waals surface area contributed by atoms with Crippen molar-refractivity contribution in [2.45, 2.75) is 40.0 Å². The third-order valence-electron chi connectivity index (χ3n) is 3.54. The van der Waals surface area contributed by atoms with E-state index >= 15 is 0 Å². The maximum Gasteiger partial charge on any atom is 0.0494 e. The van der Waals surface area contributed by atoms with Crippen LogP contribution in [0.3, 0.4) is 0 Å². The summed E-state index contributed by atoms with van der Waals surface area (Å²) in [6, 6.07) is 0. The van der Waals surface area contributed by atoms with E-state index in [2.05, 4.69) is 31.0 Å². The zero-order valence-corrected chi connectivity index (χ0v) is 11.8. The molecule has 1 saturated heterocycles. The summed E-state index contributed by atoms with van der Waals surface area (Å²) in [5.41, 5.74) is 0.00481. The lowest BCUT2D eigenvalue weighted by Crippen LogP contribution is -2.39. The molecule has 0 aromatic rings. The van der Waals surface area contributed by atoms with Crippen molar-refractivity contribution >= 4 is 0 Å². The molecule has 1 rings (SSSR count). The van der Waals surface area contributed by atoms with E-state index in [9.17, 15) is 5.11 Å². The lowest BCUT2D eigenvalue weighted by molar-refractivity contribution is 0.152. The molecule has 102 valence electrons. The summed E-state index contributed by atoms with van der Waals surface area (Å²) in [6.07, 6.45) is 4.16. The molecule has 0 amide bonds. The predicted octanol–water partition coefficient (Wildman–Crippen LogP) is 1.72. The summed E-state index contributed by atoms with van der Waals surface area (Å²) in [7, 11) is 0. The molecule has 1 atom stereocenters. The van der Waals surface area contributed by atoms with Crippen molar-refractivity contribution < 1.29 is 5.11 Å². The molecular formula is C14H30N2O. The van der Waals surface area contributed by atoms with Crippen LogP contribution in [0.2, 0.25) is 0 Å². The van der Waals surface area contributed by atoms with Crippen LogP contribution in [0.25, 0.3) is 0 Å². The Morgan fingerprint density at radius 3 is 2.47 bits per heavy atom. The van der Waals surface area contributed by atoms with Gasteiger partial charge in [0.1, 0.15) is 0 Å². The Morgan fingerprint density at radius 1 is 1.24 bits per heavy atom. The number of nitrogens with zero attached hydrogens (tertiary/aromatic N) is 1. The highest BCUT2D eigenvalue weighted by molar-refractivity contribution is 4.73. The van der Waals surface area contributed by atoms with E-state index in [0.717, 1.165) is 13.1 Å². The van der Waals surface area contributed by atoms with Crippen molar-refractivity contribution in [3.8, 4) is 0 Å². The molecule has 3 heteroatoms. The number of aliphatic hydroxyl groups excluding tert-OH is 1. The minimum Gasteiger partial charge on any atom is -0.396 e. The molecule has 3 nitrogen and oxygen atoms in total. The van der Waals surface area contributed by atoms with Gasteiger partial charge in [-0.25, -0.2) is 0 Å². The van der Waals surface area contributed by atoms with Gasteiger partial charge in [-0.2, -0.15) is 0 Å². The van der Waals surface area contributed by atoms with Crippen molar-refractivity contribution in [2.75, 3.05) is 39.3 Å². The van der Waals surface area contributed by atoms with Crippen molar-refractivity contribution in [2.24, 2.45) is 11.3 Å². The van der Waals surface area contributed by atoms with Gasteiger partial charge in [-0.1, -0.05) is 27.2 Å². The van der Waals surface area contributed by atoms with E-state index in [4.69, 9.17) is 0 Å². The lowest BCUT2D eigenvalue weighted by Gasteiger charge is -2.30. The first kappa shape index (κ1) is 14.9. The van der Waals surface area contributed by atoms with E-state index in [-0.39, 0.29) is 12.0 Å². The molecule has 0 bridgehead atoms. The fraction of sp³-hybridized carbons (Fsp3) is 1.00. The third-order valence-corrected chi connectivity index (χ3v) is 3.54. The number of aliphatic hydroxyl groups is 1. The van der Waals surface area contributed by atoms with Crippen LogP contribution in [0.1, 0.15) is 40.0 Å². The maximum absolute atomic E-state index is 9.17. The number of nitrogens with one attached hydrogen (secondary N) is 1. The highest BCUT2D eigenvalue weighted by Gasteiger charge is 2.17. The normalized spacial score (nSPS) is 20.5. The van der Waals surface area contributed by atoms with Crippen molar-refractivity contribution in [1.29, 1.82) is 0 Å². The van der Waals surface area contributed by atoms with Gasteiger partial charge in [0.15, 0.2) is 0 Å². The number of hydrogen-bond donors (Lipinski definition) is 2. The van der Waals surface area contributed by atoms with Crippen LogP contribution in [0, 0.1) is 11.3 Å². The second-order valence-electron chi connectivity index (χ2n) is 6.42. The maximum atomic E-state index is 9.17. The zero-order chi connectivity index (χ0) is 12.7. The van der Waals surface area contributed by atoms with Crippen molar-refractivity contribution in [3.05, 3.63) is 0 Å².